The summed E-state index contributed by atoms with van der Waals surface area (Å²) in [7, 11) is 1.72. The van der Waals surface area contributed by atoms with Crippen molar-refractivity contribution in [2.24, 2.45) is 11.8 Å². The lowest BCUT2D eigenvalue weighted by molar-refractivity contribution is -0.156. The fourth-order valence-electron chi connectivity index (χ4n) is 2.79. The van der Waals surface area contributed by atoms with Crippen LogP contribution in [0.3, 0.4) is 0 Å². The van der Waals surface area contributed by atoms with Gasteiger partial charge in [0.2, 0.25) is 0 Å². The molecule has 3 heteroatoms. The van der Waals surface area contributed by atoms with Crippen LogP contribution in [0.15, 0.2) is 0 Å². The van der Waals surface area contributed by atoms with Crippen LogP contribution in [0.25, 0.3) is 0 Å². The van der Waals surface area contributed by atoms with E-state index in [1.165, 1.54) is 12.8 Å². The minimum atomic E-state index is -0.438. The smallest absolute Gasteiger partial charge is 0.163 e. The van der Waals surface area contributed by atoms with E-state index in [9.17, 15) is 0 Å². The molecule has 15 heavy (non-hydrogen) atoms. The minimum Gasteiger partial charge on any atom is -0.382 e. The predicted octanol–water partition coefficient (Wildman–Crippen LogP) is 2.20. The summed E-state index contributed by atoms with van der Waals surface area (Å²) < 4.78 is 17.0. The third kappa shape index (κ3) is 2.35. The highest BCUT2D eigenvalue weighted by Crippen LogP contribution is 2.43. The molecule has 2 fully saturated rings. The first-order chi connectivity index (χ1) is 7.02. The fraction of sp³-hybridized carbons (Fsp3) is 1.00. The molecule has 0 aromatic heterocycles. The van der Waals surface area contributed by atoms with Crippen molar-refractivity contribution in [2.75, 3.05) is 13.7 Å². The average Bonchev–Trinajstić information content (AvgIpc) is 2.36. The Labute approximate surface area is 92.1 Å². The highest BCUT2D eigenvalue weighted by atomic mass is 16.8. The van der Waals surface area contributed by atoms with Gasteiger partial charge in [-0.05, 0) is 38.5 Å². The van der Waals surface area contributed by atoms with Gasteiger partial charge in [0, 0.05) is 7.11 Å². The largest absolute Gasteiger partial charge is 0.382 e. The molecule has 0 aromatic carbocycles. The Morgan fingerprint density at radius 3 is 2.47 bits per heavy atom. The summed E-state index contributed by atoms with van der Waals surface area (Å²) in [6.07, 6.45) is 2.88. The second-order valence-electron chi connectivity index (χ2n) is 5.43. The van der Waals surface area contributed by atoms with Gasteiger partial charge in [-0.2, -0.15) is 0 Å². The maximum atomic E-state index is 5.96. The maximum absolute atomic E-state index is 5.96. The molecule has 0 radical (unpaired) electrons. The van der Waals surface area contributed by atoms with Gasteiger partial charge in [-0.1, -0.05) is 6.92 Å². The number of ether oxygens (including phenoxy) is 3. The number of rotatable bonds is 3. The molecule has 1 heterocycles. The molecule has 0 amide bonds. The van der Waals surface area contributed by atoms with Crippen molar-refractivity contribution in [3.63, 3.8) is 0 Å². The lowest BCUT2D eigenvalue weighted by Gasteiger charge is -2.38. The monoisotopic (exact) mass is 214 g/mol. The molecule has 0 unspecified atom stereocenters. The molecule has 0 spiro atoms. The molecule has 2 rings (SSSR count). The Morgan fingerprint density at radius 2 is 1.93 bits per heavy atom. The summed E-state index contributed by atoms with van der Waals surface area (Å²) in [4.78, 5) is 0. The van der Waals surface area contributed by atoms with Crippen molar-refractivity contribution < 1.29 is 14.2 Å². The fourth-order valence-corrected chi connectivity index (χ4v) is 2.79. The van der Waals surface area contributed by atoms with Crippen LogP contribution >= 0.6 is 0 Å². The maximum Gasteiger partial charge on any atom is 0.163 e. The average molecular weight is 214 g/mol. The van der Waals surface area contributed by atoms with E-state index in [1.807, 2.05) is 13.8 Å². The minimum absolute atomic E-state index is 0.113. The summed E-state index contributed by atoms with van der Waals surface area (Å²) in [6, 6.07) is 0. The third-order valence-corrected chi connectivity index (χ3v) is 3.43. The van der Waals surface area contributed by atoms with Crippen LogP contribution in [0.2, 0.25) is 0 Å². The summed E-state index contributed by atoms with van der Waals surface area (Å²) in [5.41, 5.74) is 0. The highest BCUT2D eigenvalue weighted by molar-refractivity contribution is 4.92. The second kappa shape index (κ2) is 4.04. The topological polar surface area (TPSA) is 27.7 Å². The molecule has 1 aliphatic carbocycles. The Kier molecular flexibility index (Phi) is 3.06. The van der Waals surface area contributed by atoms with Crippen LogP contribution in [-0.4, -0.2) is 31.7 Å². The molecule has 1 aliphatic heterocycles. The van der Waals surface area contributed by atoms with Gasteiger partial charge in [0.05, 0.1) is 12.7 Å². The summed E-state index contributed by atoms with van der Waals surface area (Å²) in [5, 5.41) is 0. The molecular formula is C12H22O3. The van der Waals surface area contributed by atoms with E-state index >= 15 is 0 Å². The van der Waals surface area contributed by atoms with Crippen molar-refractivity contribution in [1.29, 1.82) is 0 Å². The Balaban J connectivity index is 1.96. The van der Waals surface area contributed by atoms with Crippen molar-refractivity contribution in [1.82, 2.24) is 0 Å². The van der Waals surface area contributed by atoms with Crippen LogP contribution in [0, 0.1) is 11.8 Å². The number of hydrogen-bond acceptors (Lipinski definition) is 3. The number of hydrogen-bond donors (Lipinski definition) is 0. The zero-order chi connectivity index (χ0) is 11.1. The molecule has 2 aliphatic rings. The third-order valence-electron chi connectivity index (χ3n) is 3.43. The molecule has 1 saturated heterocycles. The summed E-state index contributed by atoms with van der Waals surface area (Å²) >= 11 is 0. The molecule has 88 valence electrons. The van der Waals surface area contributed by atoms with Gasteiger partial charge in [-0.15, -0.1) is 0 Å². The molecule has 0 N–H and O–H groups in total. The SMILES string of the molecule is COC[C@@H]1OC(C)(C)O[C@@H]1C1CC(C)C1. The Bertz CT molecular complexity index is 221. The number of methoxy groups -OCH3 is 1. The lowest BCUT2D eigenvalue weighted by Crippen LogP contribution is -2.40. The zero-order valence-electron chi connectivity index (χ0n) is 10.2. The lowest BCUT2D eigenvalue weighted by atomic mass is 9.72. The summed E-state index contributed by atoms with van der Waals surface area (Å²) in [6.45, 7) is 6.90. The highest BCUT2D eigenvalue weighted by Gasteiger charge is 2.47. The second-order valence-corrected chi connectivity index (χ2v) is 5.43. The van der Waals surface area contributed by atoms with Gasteiger partial charge in [0.25, 0.3) is 0 Å². The molecule has 1 saturated carbocycles. The van der Waals surface area contributed by atoms with Crippen LogP contribution < -0.4 is 0 Å². The first-order valence-corrected chi connectivity index (χ1v) is 5.86. The zero-order valence-corrected chi connectivity index (χ0v) is 10.2. The van der Waals surface area contributed by atoms with E-state index in [0.717, 1.165) is 5.92 Å². The molecule has 0 aromatic rings. The molecule has 3 nitrogen and oxygen atoms in total. The molecular weight excluding hydrogens is 192 g/mol. The van der Waals surface area contributed by atoms with E-state index in [0.29, 0.717) is 12.5 Å². The quantitative estimate of drug-likeness (QED) is 0.721. The van der Waals surface area contributed by atoms with Crippen LogP contribution in [0.4, 0.5) is 0 Å². The predicted molar refractivity (Wildman–Crippen MR) is 57.6 cm³/mol. The van der Waals surface area contributed by atoms with E-state index in [-0.39, 0.29) is 12.2 Å². The molecule has 2 atom stereocenters. The van der Waals surface area contributed by atoms with Crippen molar-refractivity contribution in [2.45, 2.75) is 51.6 Å². The Hall–Kier alpha value is -0.120. The van der Waals surface area contributed by atoms with Gasteiger partial charge in [0.1, 0.15) is 6.10 Å². The standard InChI is InChI=1S/C12H22O3/c1-8-5-9(6-8)11-10(7-13-4)14-12(2,3)15-11/h8-11H,5-7H2,1-4H3/t8?,9?,10-,11+/m0/s1. The van der Waals surface area contributed by atoms with E-state index < -0.39 is 5.79 Å². The van der Waals surface area contributed by atoms with E-state index in [2.05, 4.69) is 6.92 Å². The van der Waals surface area contributed by atoms with Gasteiger partial charge in [0.15, 0.2) is 5.79 Å². The van der Waals surface area contributed by atoms with Crippen LogP contribution in [0.5, 0.6) is 0 Å². The van der Waals surface area contributed by atoms with Crippen LogP contribution in [0.1, 0.15) is 33.6 Å². The molecule has 0 bridgehead atoms. The first-order valence-electron chi connectivity index (χ1n) is 5.86. The van der Waals surface area contributed by atoms with Gasteiger partial charge in [-0.25, -0.2) is 0 Å². The van der Waals surface area contributed by atoms with Gasteiger partial charge in [-0.3, -0.25) is 0 Å². The summed E-state index contributed by atoms with van der Waals surface area (Å²) in [5.74, 6) is 1.08. The van der Waals surface area contributed by atoms with Gasteiger partial charge >= 0.3 is 0 Å². The Morgan fingerprint density at radius 1 is 1.27 bits per heavy atom. The first kappa shape index (κ1) is 11.4. The van der Waals surface area contributed by atoms with Crippen molar-refractivity contribution >= 4 is 0 Å². The van der Waals surface area contributed by atoms with Crippen LogP contribution in [-0.2, 0) is 14.2 Å². The van der Waals surface area contributed by atoms with Crippen molar-refractivity contribution in [3.05, 3.63) is 0 Å². The van der Waals surface area contributed by atoms with Gasteiger partial charge < -0.3 is 14.2 Å². The van der Waals surface area contributed by atoms with E-state index in [4.69, 9.17) is 14.2 Å². The van der Waals surface area contributed by atoms with Crippen molar-refractivity contribution in [3.8, 4) is 0 Å². The normalized spacial score (nSPS) is 44.0. The van der Waals surface area contributed by atoms with E-state index in [1.54, 1.807) is 7.11 Å².